The predicted molar refractivity (Wildman–Crippen MR) is 32.2 cm³/mol. The van der Waals surface area contributed by atoms with Crippen LogP contribution in [0.2, 0.25) is 0 Å². The molecule has 0 atom stereocenters. The van der Waals surface area contributed by atoms with E-state index in [1.165, 1.54) is 7.05 Å². The van der Waals surface area contributed by atoms with Gasteiger partial charge in [-0.15, -0.1) is 0 Å². The molecule has 1 radical (unpaired) electrons. The first-order valence-corrected chi connectivity index (χ1v) is 1.94. The molecule has 0 saturated carbocycles. The lowest BCUT2D eigenvalue weighted by Gasteiger charge is -1.68. The molecule has 5 nitrogen and oxygen atoms in total. The van der Waals surface area contributed by atoms with E-state index < -0.39 is 5.97 Å². The third-order valence-corrected chi connectivity index (χ3v) is 0.240. The Labute approximate surface area is 53.0 Å². The van der Waals surface area contributed by atoms with Gasteiger partial charge >= 0.3 is 13.7 Å². The minimum Gasteiger partial charge on any atom is -0.477 e. The molecule has 0 saturated heterocycles. The van der Waals surface area contributed by atoms with Gasteiger partial charge in [-0.05, 0) is 0 Å². The third kappa shape index (κ3) is 41.4. The molecule has 0 bridgehead atoms. The number of aliphatic imine (C=N–C) groups is 1. The van der Waals surface area contributed by atoms with Crippen molar-refractivity contribution >= 4 is 19.9 Å². The summed E-state index contributed by atoms with van der Waals surface area (Å²) in [7, 11) is 1.41. The van der Waals surface area contributed by atoms with Crippen molar-refractivity contribution in [1.29, 1.82) is 0 Å². The molecule has 0 rings (SSSR count). The maximum absolute atomic E-state index is 9.45. The normalized spacial score (nSPS) is 7.89. The van der Waals surface area contributed by atoms with Crippen molar-refractivity contribution in [3.05, 3.63) is 0 Å². The maximum atomic E-state index is 9.45. The molecule has 0 amide bonds. The zero-order valence-corrected chi connectivity index (χ0v) is 4.85. The van der Waals surface area contributed by atoms with Gasteiger partial charge in [-0.1, -0.05) is 0 Å². The Kier molecular flexibility index (Phi) is 12.4. The van der Waals surface area contributed by atoms with Crippen molar-refractivity contribution in [2.45, 2.75) is 0 Å². The standard InChI is InChI=1S/C3H5NO2.BH2O2/c1-4-2-3(5)6;2-1-3/h2H,1H3,(H,5,6);2-3H. The zero-order chi connectivity index (χ0) is 7.70. The van der Waals surface area contributed by atoms with Crippen LogP contribution in [-0.4, -0.2) is 42.1 Å². The first-order valence-electron chi connectivity index (χ1n) is 1.94. The van der Waals surface area contributed by atoms with Crippen molar-refractivity contribution < 1.29 is 19.9 Å². The Hall–Kier alpha value is -0.875. The van der Waals surface area contributed by atoms with Gasteiger partial charge in [0, 0.05) is 7.05 Å². The molecule has 0 aliphatic carbocycles. The average molecular weight is 132 g/mol. The molecule has 6 heteroatoms. The van der Waals surface area contributed by atoms with Gasteiger partial charge < -0.3 is 15.2 Å². The number of aliphatic carboxylic acids is 1. The Morgan fingerprint density at radius 2 is 2.00 bits per heavy atom. The van der Waals surface area contributed by atoms with E-state index in [9.17, 15) is 4.79 Å². The second-order valence-corrected chi connectivity index (χ2v) is 0.841. The Bertz CT molecular complexity index is 93.8. The van der Waals surface area contributed by atoms with Crippen LogP contribution in [0, 0.1) is 0 Å². The second kappa shape index (κ2) is 10.2. The Morgan fingerprint density at radius 1 is 1.67 bits per heavy atom. The highest BCUT2D eigenvalue weighted by Crippen LogP contribution is 1.50. The average Bonchev–Trinajstić information content (AvgIpc) is 1.67. The number of carboxylic acids is 1. The lowest BCUT2D eigenvalue weighted by Crippen LogP contribution is -1.93. The minimum absolute atomic E-state index is 0. The van der Waals surface area contributed by atoms with Gasteiger partial charge in [0.05, 0.1) is 0 Å². The number of carboxylic acid groups (broad SMARTS) is 1. The molecule has 0 fully saturated rings. The molecular formula is C3H7BNO4. The van der Waals surface area contributed by atoms with Crippen molar-refractivity contribution in [3.8, 4) is 0 Å². The Morgan fingerprint density at radius 3 is 2.00 bits per heavy atom. The summed E-state index contributed by atoms with van der Waals surface area (Å²) in [6.07, 6.45) is 0.833. The summed E-state index contributed by atoms with van der Waals surface area (Å²) in [5.41, 5.74) is 0. The molecule has 0 spiro atoms. The summed E-state index contributed by atoms with van der Waals surface area (Å²) >= 11 is 0. The zero-order valence-electron chi connectivity index (χ0n) is 4.85. The van der Waals surface area contributed by atoms with Crippen LogP contribution in [-0.2, 0) is 4.79 Å². The van der Waals surface area contributed by atoms with Gasteiger partial charge in [0.25, 0.3) is 0 Å². The highest BCUT2D eigenvalue weighted by atomic mass is 16.4. The molecule has 0 unspecified atom stereocenters. The van der Waals surface area contributed by atoms with Crippen LogP contribution in [0.4, 0.5) is 0 Å². The molecule has 0 aromatic heterocycles. The fourth-order valence-corrected chi connectivity index (χ4v) is 0.110. The van der Waals surface area contributed by atoms with Crippen molar-refractivity contribution in [3.63, 3.8) is 0 Å². The van der Waals surface area contributed by atoms with Gasteiger partial charge in [0.2, 0.25) is 0 Å². The summed E-state index contributed by atoms with van der Waals surface area (Å²) in [6, 6.07) is 0. The van der Waals surface area contributed by atoms with Crippen LogP contribution in [0.3, 0.4) is 0 Å². The van der Waals surface area contributed by atoms with Gasteiger partial charge in [0.15, 0.2) is 0 Å². The highest BCUT2D eigenvalue weighted by molar-refractivity contribution is 6.21. The predicted octanol–water partition coefficient (Wildman–Crippen LogP) is -1.72. The molecule has 0 heterocycles. The first-order chi connectivity index (χ1) is 4.18. The largest absolute Gasteiger partial charge is 0.482 e. The van der Waals surface area contributed by atoms with E-state index in [1.807, 2.05) is 0 Å². The molecule has 0 aromatic carbocycles. The summed E-state index contributed by atoms with van der Waals surface area (Å²) in [5, 5.41) is 21.8. The lowest BCUT2D eigenvalue weighted by atomic mass is 10.5. The van der Waals surface area contributed by atoms with Crippen molar-refractivity contribution in [2.24, 2.45) is 4.99 Å². The SMILES string of the molecule is CN=CC(=O)O.O[B]O. The molecular weight excluding hydrogens is 125 g/mol. The summed E-state index contributed by atoms with van der Waals surface area (Å²) < 4.78 is 0. The number of hydrogen-bond donors (Lipinski definition) is 3. The molecule has 0 aliphatic rings. The summed E-state index contributed by atoms with van der Waals surface area (Å²) in [4.78, 5) is 12.7. The fraction of sp³-hybridized carbons (Fsp3) is 0.333. The van der Waals surface area contributed by atoms with Crippen molar-refractivity contribution in [2.75, 3.05) is 7.05 Å². The quantitative estimate of drug-likeness (QED) is 0.292. The fourth-order valence-electron chi connectivity index (χ4n) is 0.110. The Balaban J connectivity index is 0. The first kappa shape index (κ1) is 11.0. The highest BCUT2D eigenvalue weighted by Gasteiger charge is 1.78. The smallest absolute Gasteiger partial charge is 0.477 e. The lowest BCUT2D eigenvalue weighted by molar-refractivity contribution is -0.128. The van der Waals surface area contributed by atoms with Gasteiger partial charge in [0.1, 0.15) is 6.21 Å². The van der Waals surface area contributed by atoms with Gasteiger partial charge in [-0.2, -0.15) is 0 Å². The minimum atomic E-state index is -1.00. The van der Waals surface area contributed by atoms with Crippen molar-refractivity contribution in [1.82, 2.24) is 0 Å². The van der Waals surface area contributed by atoms with Crippen LogP contribution < -0.4 is 0 Å². The molecule has 51 valence electrons. The molecule has 0 aromatic rings. The number of rotatable bonds is 1. The van der Waals surface area contributed by atoms with E-state index in [-0.39, 0.29) is 7.69 Å². The summed E-state index contributed by atoms with van der Waals surface area (Å²) in [5.74, 6) is -1.00. The van der Waals surface area contributed by atoms with E-state index in [4.69, 9.17) is 15.2 Å². The maximum Gasteiger partial charge on any atom is 0.482 e. The molecule has 9 heavy (non-hydrogen) atoms. The molecule has 3 N–H and O–H groups in total. The number of hydrogen-bond acceptors (Lipinski definition) is 4. The van der Waals surface area contributed by atoms with E-state index in [0.717, 1.165) is 6.21 Å². The van der Waals surface area contributed by atoms with Crippen LogP contribution >= 0.6 is 0 Å². The van der Waals surface area contributed by atoms with E-state index in [2.05, 4.69) is 4.99 Å². The van der Waals surface area contributed by atoms with E-state index in [0.29, 0.717) is 0 Å². The number of nitrogens with zero attached hydrogens (tertiary/aromatic N) is 1. The third-order valence-electron chi connectivity index (χ3n) is 0.240. The monoisotopic (exact) mass is 132 g/mol. The van der Waals surface area contributed by atoms with Crippen LogP contribution in [0.5, 0.6) is 0 Å². The van der Waals surface area contributed by atoms with E-state index in [1.54, 1.807) is 0 Å². The van der Waals surface area contributed by atoms with Crippen LogP contribution in [0.25, 0.3) is 0 Å². The topological polar surface area (TPSA) is 90.1 Å². The van der Waals surface area contributed by atoms with Gasteiger partial charge in [-0.3, -0.25) is 4.99 Å². The molecule has 0 aliphatic heterocycles. The second-order valence-electron chi connectivity index (χ2n) is 0.841. The van der Waals surface area contributed by atoms with Gasteiger partial charge in [-0.25, -0.2) is 4.79 Å². The van der Waals surface area contributed by atoms with Crippen LogP contribution in [0.15, 0.2) is 4.99 Å². The van der Waals surface area contributed by atoms with Crippen LogP contribution in [0.1, 0.15) is 0 Å². The van der Waals surface area contributed by atoms with E-state index >= 15 is 0 Å². The number of carbonyl (C=O) groups is 1. The summed E-state index contributed by atoms with van der Waals surface area (Å²) in [6.45, 7) is 0.